The van der Waals surface area contributed by atoms with E-state index in [1.165, 1.54) is 12.1 Å². The Morgan fingerprint density at radius 1 is 1.20 bits per heavy atom. The number of carboxylic acids is 1. The summed E-state index contributed by atoms with van der Waals surface area (Å²) in [4.78, 5) is 38.1. The lowest BCUT2D eigenvalue weighted by Crippen LogP contribution is -2.35. The highest BCUT2D eigenvalue weighted by Crippen LogP contribution is 2.18. The summed E-state index contributed by atoms with van der Waals surface area (Å²) >= 11 is 0. The zero-order valence-corrected chi connectivity index (χ0v) is 18.8. The van der Waals surface area contributed by atoms with Gasteiger partial charge in [0.2, 0.25) is 11.2 Å². The quantitative estimate of drug-likeness (QED) is 0.381. The van der Waals surface area contributed by atoms with Gasteiger partial charge in [0.15, 0.2) is 5.69 Å². The molecule has 0 aliphatic heterocycles. The highest BCUT2D eigenvalue weighted by atomic mass is 19.1. The number of nitrogens with zero attached hydrogens (tertiary/aromatic N) is 1. The third-order valence-electron chi connectivity index (χ3n) is 4.99. The average Bonchev–Trinajstić information content (AvgIpc) is 2.83. The first-order valence-electron chi connectivity index (χ1n) is 10.5. The number of pyridine rings is 1. The van der Waals surface area contributed by atoms with Crippen LogP contribution in [0.25, 0.3) is 0 Å². The van der Waals surface area contributed by atoms with Crippen LogP contribution < -0.4 is 20.9 Å². The molecule has 8 nitrogen and oxygen atoms in total. The van der Waals surface area contributed by atoms with E-state index in [1.807, 2.05) is 0 Å². The zero-order chi connectivity index (χ0) is 25.5. The van der Waals surface area contributed by atoms with Crippen molar-refractivity contribution in [1.29, 1.82) is 0 Å². The number of aromatic nitrogens is 1. The van der Waals surface area contributed by atoms with Crippen molar-refractivity contribution in [2.75, 3.05) is 5.43 Å². The SMILES string of the molecule is C=CC(C)Nn1cc(C(=O)NCc2ccc(F)cc2F)c(=O)c(OCc2ccccc2)c1C(=O)O. The molecule has 1 aromatic heterocycles. The molecule has 3 rings (SSSR count). The first kappa shape index (κ1) is 25.2. The summed E-state index contributed by atoms with van der Waals surface area (Å²) in [5.41, 5.74) is 1.57. The van der Waals surface area contributed by atoms with Crippen LogP contribution in [-0.2, 0) is 13.2 Å². The molecule has 10 heteroatoms. The van der Waals surface area contributed by atoms with Crippen LogP contribution in [0, 0.1) is 11.6 Å². The van der Waals surface area contributed by atoms with Gasteiger partial charge in [0, 0.05) is 24.4 Å². The predicted octanol–water partition coefficient (Wildman–Crippen LogP) is 3.45. The Morgan fingerprint density at radius 2 is 1.91 bits per heavy atom. The number of hydrogen-bond acceptors (Lipinski definition) is 5. The molecule has 182 valence electrons. The Kier molecular flexibility index (Phi) is 7.98. The highest BCUT2D eigenvalue weighted by Gasteiger charge is 2.26. The maximum absolute atomic E-state index is 13.9. The lowest BCUT2D eigenvalue weighted by molar-refractivity contribution is 0.0678. The number of rotatable bonds is 10. The number of ether oxygens (including phenoxy) is 1. The summed E-state index contributed by atoms with van der Waals surface area (Å²) in [6.07, 6.45) is 2.52. The molecule has 0 aliphatic rings. The number of hydrogen-bond donors (Lipinski definition) is 3. The molecule has 0 bridgehead atoms. The molecular formula is C25H23F2N3O5. The fourth-order valence-electron chi connectivity index (χ4n) is 3.13. The molecule has 3 aromatic rings. The molecule has 0 saturated heterocycles. The highest BCUT2D eigenvalue weighted by molar-refractivity contribution is 5.96. The minimum absolute atomic E-state index is 0.00110. The van der Waals surface area contributed by atoms with Gasteiger partial charge >= 0.3 is 5.97 Å². The molecule has 35 heavy (non-hydrogen) atoms. The van der Waals surface area contributed by atoms with Gasteiger partial charge in [0.25, 0.3) is 5.91 Å². The number of benzene rings is 2. The topological polar surface area (TPSA) is 110 Å². The van der Waals surface area contributed by atoms with Gasteiger partial charge in [-0.2, -0.15) is 0 Å². The minimum Gasteiger partial charge on any atom is -0.482 e. The molecule has 1 unspecified atom stereocenters. The van der Waals surface area contributed by atoms with E-state index >= 15 is 0 Å². The lowest BCUT2D eigenvalue weighted by atomic mass is 10.1. The number of carbonyl (C=O) groups excluding carboxylic acids is 1. The molecule has 0 fully saturated rings. The largest absolute Gasteiger partial charge is 0.482 e. The Bertz CT molecular complexity index is 1310. The van der Waals surface area contributed by atoms with Crippen molar-refractivity contribution < 1.29 is 28.2 Å². The van der Waals surface area contributed by atoms with Crippen LogP contribution in [-0.4, -0.2) is 27.7 Å². The normalized spacial score (nSPS) is 11.4. The number of amides is 1. The van der Waals surface area contributed by atoms with Crippen molar-refractivity contribution >= 4 is 11.9 Å². The molecular weight excluding hydrogens is 460 g/mol. The summed E-state index contributed by atoms with van der Waals surface area (Å²) in [6, 6.07) is 11.2. The smallest absolute Gasteiger partial charge is 0.358 e. The van der Waals surface area contributed by atoms with Crippen molar-refractivity contribution in [3.8, 4) is 5.75 Å². The van der Waals surface area contributed by atoms with E-state index in [0.717, 1.165) is 16.9 Å². The first-order valence-corrected chi connectivity index (χ1v) is 10.5. The van der Waals surface area contributed by atoms with Gasteiger partial charge in [0.05, 0.1) is 6.04 Å². The van der Waals surface area contributed by atoms with Crippen LogP contribution in [0.4, 0.5) is 8.78 Å². The van der Waals surface area contributed by atoms with Crippen LogP contribution in [0.5, 0.6) is 5.75 Å². The van der Waals surface area contributed by atoms with Crippen molar-refractivity contribution in [2.24, 2.45) is 0 Å². The molecule has 1 atom stereocenters. The van der Waals surface area contributed by atoms with Crippen LogP contribution in [0.3, 0.4) is 0 Å². The molecule has 2 aromatic carbocycles. The third-order valence-corrected chi connectivity index (χ3v) is 4.99. The maximum Gasteiger partial charge on any atom is 0.358 e. The van der Waals surface area contributed by atoms with Crippen LogP contribution in [0.2, 0.25) is 0 Å². The fourth-order valence-corrected chi connectivity index (χ4v) is 3.13. The van der Waals surface area contributed by atoms with E-state index in [1.54, 1.807) is 37.3 Å². The van der Waals surface area contributed by atoms with Gasteiger partial charge < -0.3 is 20.6 Å². The van der Waals surface area contributed by atoms with E-state index in [2.05, 4.69) is 17.3 Å². The predicted molar refractivity (Wildman–Crippen MR) is 125 cm³/mol. The van der Waals surface area contributed by atoms with Crippen LogP contribution in [0.15, 0.2) is 72.2 Å². The molecule has 3 N–H and O–H groups in total. The Labute approximate surface area is 199 Å². The van der Waals surface area contributed by atoms with Gasteiger partial charge in [-0.15, -0.1) is 6.58 Å². The Hall–Kier alpha value is -4.47. The van der Waals surface area contributed by atoms with E-state index in [0.29, 0.717) is 11.6 Å². The minimum atomic E-state index is -1.46. The van der Waals surface area contributed by atoms with E-state index in [4.69, 9.17) is 4.74 Å². The second-order valence-electron chi connectivity index (χ2n) is 7.57. The van der Waals surface area contributed by atoms with Crippen molar-refractivity contribution in [2.45, 2.75) is 26.1 Å². The van der Waals surface area contributed by atoms with Crippen molar-refractivity contribution in [3.63, 3.8) is 0 Å². The summed E-state index contributed by atoms with van der Waals surface area (Å²) in [6.45, 7) is 4.85. The summed E-state index contributed by atoms with van der Waals surface area (Å²) < 4.78 is 33.7. The van der Waals surface area contributed by atoms with Crippen LogP contribution >= 0.6 is 0 Å². The number of carboxylic acid groups (broad SMARTS) is 1. The van der Waals surface area contributed by atoms with Gasteiger partial charge in [0.1, 0.15) is 23.8 Å². The van der Waals surface area contributed by atoms with E-state index in [-0.39, 0.29) is 18.7 Å². The van der Waals surface area contributed by atoms with Crippen molar-refractivity contribution in [3.05, 3.63) is 112 Å². The van der Waals surface area contributed by atoms with Gasteiger partial charge in [-0.05, 0) is 18.6 Å². The van der Waals surface area contributed by atoms with Crippen molar-refractivity contribution in [1.82, 2.24) is 9.99 Å². The molecule has 1 heterocycles. The average molecular weight is 483 g/mol. The molecule has 0 radical (unpaired) electrons. The maximum atomic E-state index is 13.9. The molecule has 0 aliphatic carbocycles. The molecule has 0 spiro atoms. The number of aromatic carboxylic acids is 1. The second kappa shape index (κ2) is 11.1. The number of nitrogens with one attached hydrogen (secondary N) is 2. The third kappa shape index (κ3) is 6.11. The van der Waals surface area contributed by atoms with E-state index < -0.39 is 52.0 Å². The first-order chi connectivity index (χ1) is 16.7. The zero-order valence-electron chi connectivity index (χ0n) is 18.8. The molecule has 0 saturated carbocycles. The number of carbonyl (C=O) groups is 2. The summed E-state index contributed by atoms with van der Waals surface area (Å²) in [5, 5.41) is 12.2. The molecule has 1 amide bonds. The second-order valence-corrected chi connectivity index (χ2v) is 7.57. The van der Waals surface area contributed by atoms with Gasteiger partial charge in [-0.25, -0.2) is 13.6 Å². The summed E-state index contributed by atoms with van der Waals surface area (Å²) in [5.74, 6) is -4.55. The van der Waals surface area contributed by atoms with Gasteiger partial charge in [-0.3, -0.25) is 14.3 Å². The van der Waals surface area contributed by atoms with E-state index in [9.17, 15) is 28.3 Å². The number of halogens is 2. The summed E-state index contributed by atoms with van der Waals surface area (Å²) in [7, 11) is 0. The van der Waals surface area contributed by atoms with Gasteiger partial charge in [-0.1, -0.05) is 42.5 Å². The van der Waals surface area contributed by atoms with Crippen LogP contribution in [0.1, 0.15) is 38.9 Å². The monoisotopic (exact) mass is 483 g/mol. The Balaban J connectivity index is 2.01. The standard InChI is InChI=1S/C25H23F2N3O5/c1-3-15(2)29-30-13-19(24(32)28-12-17-9-10-18(26)11-20(17)27)22(31)23(21(30)25(33)34)35-14-16-7-5-4-6-8-16/h3-11,13,15,29H,1,12,14H2,2H3,(H,28,32)(H,33,34). The lowest BCUT2D eigenvalue weighted by Gasteiger charge is -2.20. The fraction of sp³-hybridized carbons (Fsp3) is 0.160. The Morgan fingerprint density at radius 3 is 2.54 bits per heavy atom.